The Bertz CT molecular complexity index is 1470. The van der Waals surface area contributed by atoms with Crippen LogP contribution in [0.5, 0.6) is 0 Å². The van der Waals surface area contributed by atoms with Gasteiger partial charge in [-0.25, -0.2) is 4.98 Å². The van der Waals surface area contributed by atoms with Crippen molar-refractivity contribution in [2.45, 2.75) is 38.3 Å². The summed E-state index contributed by atoms with van der Waals surface area (Å²) in [5, 5.41) is 22.2. The normalized spacial score (nSPS) is 18.8. The fourth-order valence-corrected chi connectivity index (χ4v) is 7.03. The number of carboxylic acids is 1. The summed E-state index contributed by atoms with van der Waals surface area (Å²) in [7, 11) is 0. The number of carbonyl (C=O) groups excluding carboxylic acids is 2. The zero-order valence-corrected chi connectivity index (χ0v) is 23.5. The third-order valence-electron chi connectivity index (χ3n) is 8.01. The molecule has 1 unspecified atom stereocenters. The Hall–Kier alpha value is -3.64. The monoisotopic (exact) mass is 575 g/mol. The predicted molar refractivity (Wildman–Crippen MR) is 156 cm³/mol. The number of carbonyl (C=O) groups is 3. The van der Waals surface area contributed by atoms with Crippen molar-refractivity contribution in [1.82, 2.24) is 14.8 Å². The van der Waals surface area contributed by atoms with E-state index in [1.807, 2.05) is 41.3 Å². The lowest BCUT2D eigenvalue weighted by molar-refractivity contribution is -0.138. The quantitative estimate of drug-likeness (QED) is 0.375. The van der Waals surface area contributed by atoms with Crippen LogP contribution in [0.25, 0.3) is 11.1 Å². The number of aliphatic hydroxyl groups excluding tert-OH is 1. The highest BCUT2D eigenvalue weighted by Crippen LogP contribution is 2.38. The summed E-state index contributed by atoms with van der Waals surface area (Å²) in [5.74, 6) is -1.02. The van der Waals surface area contributed by atoms with E-state index in [4.69, 9.17) is 5.11 Å². The van der Waals surface area contributed by atoms with Crippen LogP contribution in [0.2, 0.25) is 0 Å². The molecule has 0 spiro atoms. The fraction of sp³-hybridized carbons (Fsp3) is 0.400. The first-order chi connectivity index (χ1) is 19.8. The minimum atomic E-state index is -0.853. The lowest BCUT2D eigenvalue weighted by Gasteiger charge is -2.23. The van der Waals surface area contributed by atoms with Gasteiger partial charge in [0, 0.05) is 68.4 Å². The van der Waals surface area contributed by atoms with Gasteiger partial charge >= 0.3 is 5.97 Å². The molecule has 0 radical (unpaired) electrons. The second kappa shape index (κ2) is 11.7. The molecule has 4 heterocycles. The molecule has 41 heavy (non-hydrogen) atoms. The van der Waals surface area contributed by atoms with Crippen molar-refractivity contribution in [1.29, 1.82) is 0 Å². The average molecular weight is 576 g/mol. The predicted octanol–water partition coefficient (Wildman–Crippen LogP) is 2.85. The van der Waals surface area contributed by atoms with Gasteiger partial charge in [-0.15, -0.1) is 11.3 Å². The van der Waals surface area contributed by atoms with Crippen molar-refractivity contribution in [3.05, 3.63) is 63.6 Å². The maximum atomic E-state index is 13.5. The topological polar surface area (TPSA) is 126 Å². The van der Waals surface area contributed by atoms with Crippen molar-refractivity contribution in [2.24, 2.45) is 0 Å². The van der Waals surface area contributed by atoms with Crippen LogP contribution in [0, 0.1) is 0 Å². The maximum Gasteiger partial charge on any atom is 0.317 e. The van der Waals surface area contributed by atoms with Crippen LogP contribution in [-0.4, -0.2) is 88.2 Å². The molecule has 1 atom stereocenters. The van der Waals surface area contributed by atoms with Crippen molar-refractivity contribution in [2.75, 3.05) is 49.5 Å². The zero-order chi connectivity index (χ0) is 28.5. The molecular weight excluding hydrogens is 542 g/mol. The lowest BCUT2D eigenvalue weighted by Crippen LogP contribution is -2.34. The number of nitrogens with one attached hydrogen (secondary N) is 1. The Labute approximate surface area is 242 Å². The molecule has 11 heteroatoms. The molecule has 1 aromatic heterocycles. The summed E-state index contributed by atoms with van der Waals surface area (Å²) < 4.78 is 0. The first-order valence-corrected chi connectivity index (χ1v) is 14.8. The van der Waals surface area contributed by atoms with Gasteiger partial charge in [-0.3, -0.25) is 19.3 Å². The number of benzene rings is 2. The second-order valence-corrected chi connectivity index (χ2v) is 12.0. The van der Waals surface area contributed by atoms with Gasteiger partial charge in [0.1, 0.15) is 0 Å². The van der Waals surface area contributed by atoms with Crippen LogP contribution < -0.4 is 10.2 Å². The molecule has 2 aromatic carbocycles. The van der Waals surface area contributed by atoms with E-state index < -0.39 is 5.97 Å². The number of β-amino-alcohol motifs (C(OH)–C–C–N with tert-alkyl or cyclic N) is 1. The largest absolute Gasteiger partial charge is 0.480 e. The number of aromatic nitrogens is 1. The van der Waals surface area contributed by atoms with E-state index in [0.29, 0.717) is 50.6 Å². The molecule has 214 valence electrons. The molecule has 0 aliphatic carbocycles. The number of aliphatic hydroxyl groups is 1. The number of thiazole rings is 1. The Morgan fingerprint density at radius 3 is 2.61 bits per heavy atom. The standard InChI is InChI=1S/C30H33N5O5S/c36-21-8-12-33(16-21)14-11-27(37)31-20-6-4-19(5-7-20)22-2-1-3-25-23(22)9-15-35(25)30(40)29-32-24-10-13-34(18-28(38)39)17-26(24)41-29/h1-7,21,36H,8-18H2,(H,31,37)(H,38,39). The highest BCUT2D eigenvalue weighted by atomic mass is 32.1. The van der Waals surface area contributed by atoms with Crippen molar-refractivity contribution in [3.63, 3.8) is 0 Å². The molecule has 3 aliphatic rings. The van der Waals surface area contributed by atoms with Crippen LogP contribution >= 0.6 is 11.3 Å². The summed E-state index contributed by atoms with van der Waals surface area (Å²) in [6, 6.07) is 13.8. The van der Waals surface area contributed by atoms with Gasteiger partial charge in [-0.1, -0.05) is 24.3 Å². The van der Waals surface area contributed by atoms with E-state index in [1.165, 1.54) is 11.3 Å². The maximum absolute atomic E-state index is 13.5. The Morgan fingerprint density at radius 1 is 1.02 bits per heavy atom. The molecule has 3 aromatic rings. The molecule has 0 saturated carbocycles. The number of aliphatic carboxylic acids is 1. The highest BCUT2D eigenvalue weighted by Gasteiger charge is 2.31. The number of amides is 2. The van der Waals surface area contributed by atoms with Gasteiger partial charge in [0.25, 0.3) is 5.91 Å². The number of hydrogen-bond acceptors (Lipinski definition) is 8. The van der Waals surface area contributed by atoms with E-state index in [-0.39, 0.29) is 24.5 Å². The summed E-state index contributed by atoms with van der Waals surface area (Å²) >= 11 is 1.37. The van der Waals surface area contributed by atoms with E-state index in [2.05, 4.69) is 21.3 Å². The lowest BCUT2D eigenvalue weighted by atomic mass is 9.97. The highest BCUT2D eigenvalue weighted by molar-refractivity contribution is 7.13. The van der Waals surface area contributed by atoms with Crippen LogP contribution in [0.4, 0.5) is 11.4 Å². The van der Waals surface area contributed by atoms with Gasteiger partial charge in [0.05, 0.1) is 18.3 Å². The first-order valence-electron chi connectivity index (χ1n) is 14.0. The Morgan fingerprint density at radius 2 is 1.85 bits per heavy atom. The van der Waals surface area contributed by atoms with Gasteiger partial charge in [0.15, 0.2) is 5.01 Å². The Kier molecular flexibility index (Phi) is 7.85. The zero-order valence-electron chi connectivity index (χ0n) is 22.7. The van der Waals surface area contributed by atoms with Crippen LogP contribution in [0.3, 0.4) is 0 Å². The second-order valence-electron chi connectivity index (χ2n) is 10.9. The molecule has 0 bridgehead atoms. The van der Waals surface area contributed by atoms with Gasteiger partial charge in [-0.2, -0.15) is 0 Å². The van der Waals surface area contributed by atoms with Gasteiger partial charge < -0.3 is 25.3 Å². The molecule has 2 amide bonds. The van der Waals surface area contributed by atoms with E-state index in [1.54, 1.807) is 4.90 Å². The van der Waals surface area contributed by atoms with Crippen LogP contribution in [0.15, 0.2) is 42.5 Å². The fourth-order valence-electron chi connectivity index (χ4n) is 5.93. The molecule has 10 nitrogen and oxygen atoms in total. The number of hydrogen-bond donors (Lipinski definition) is 3. The van der Waals surface area contributed by atoms with E-state index >= 15 is 0 Å². The molecular formula is C30H33N5O5S. The molecule has 3 aliphatic heterocycles. The summed E-state index contributed by atoms with van der Waals surface area (Å²) in [5.41, 5.74) is 5.71. The Balaban J connectivity index is 1.12. The van der Waals surface area contributed by atoms with Crippen LogP contribution in [0.1, 0.15) is 38.8 Å². The molecule has 1 saturated heterocycles. The molecule has 1 fully saturated rings. The number of nitrogens with zero attached hydrogens (tertiary/aromatic N) is 4. The first kappa shape index (κ1) is 27.5. The summed E-state index contributed by atoms with van der Waals surface area (Å²) in [6.07, 6.45) is 2.24. The third kappa shape index (κ3) is 6.03. The number of carboxylic acid groups (broad SMARTS) is 1. The third-order valence-corrected chi connectivity index (χ3v) is 9.08. The number of fused-ring (bicyclic) bond motifs is 2. The van der Waals surface area contributed by atoms with Crippen LogP contribution in [-0.2, 0) is 29.0 Å². The smallest absolute Gasteiger partial charge is 0.317 e. The van der Waals surface area contributed by atoms with E-state index in [9.17, 15) is 19.5 Å². The van der Waals surface area contributed by atoms with Crippen molar-refractivity contribution >= 4 is 40.5 Å². The minimum absolute atomic E-state index is 0.0131. The molecule has 3 N–H and O–H groups in total. The molecule has 6 rings (SSSR count). The van der Waals surface area contributed by atoms with Crippen molar-refractivity contribution < 1.29 is 24.6 Å². The number of anilines is 2. The van der Waals surface area contributed by atoms with Crippen molar-refractivity contribution in [3.8, 4) is 11.1 Å². The number of likely N-dealkylation sites (tertiary alicyclic amines) is 1. The minimum Gasteiger partial charge on any atom is -0.480 e. The SMILES string of the molecule is O=C(O)CN1CCc2nc(C(=O)N3CCc4c(-c5ccc(NC(=O)CCN6CCC(O)C6)cc5)cccc43)sc2C1. The summed E-state index contributed by atoms with van der Waals surface area (Å²) in [4.78, 5) is 48.5. The van der Waals surface area contributed by atoms with Gasteiger partial charge in [-0.05, 0) is 47.7 Å². The van der Waals surface area contributed by atoms with Gasteiger partial charge in [0.2, 0.25) is 5.91 Å². The average Bonchev–Trinajstić information content (AvgIpc) is 3.69. The number of rotatable bonds is 8. The van der Waals surface area contributed by atoms with E-state index in [0.717, 1.165) is 58.0 Å². The summed E-state index contributed by atoms with van der Waals surface area (Å²) in [6.45, 7) is 3.78.